The summed E-state index contributed by atoms with van der Waals surface area (Å²) in [4.78, 5) is 16.4. The molecule has 0 spiro atoms. The molecular weight excluding hydrogens is 330 g/mol. The second kappa shape index (κ2) is 7.16. The van der Waals surface area contributed by atoms with Crippen LogP contribution >= 0.6 is 15.9 Å². The van der Waals surface area contributed by atoms with Gasteiger partial charge in [0.15, 0.2) is 0 Å². The molecule has 1 aliphatic heterocycles. The van der Waals surface area contributed by atoms with Gasteiger partial charge in [-0.15, -0.1) is 0 Å². The van der Waals surface area contributed by atoms with Gasteiger partial charge >= 0.3 is 6.03 Å². The number of nitrogens with zero attached hydrogens (tertiary/aromatic N) is 2. The number of rotatable bonds is 3. The first-order chi connectivity index (χ1) is 10.0. The number of urea groups is 1. The summed E-state index contributed by atoms with van der Waals surface area (Å²) in [7, 11) is 0. The second-order valence-corrected chi connectivity index (χ2v) is 6.52. The molecular formula is C16H24BrN3O. The predicted molar refractivity (Wildman–Crippen MR) is 90.9 cm³/mol. The van der Waals surface area contributed by atoms with Crippen LogP contribution < -0.4 is 10.2 Å². The van der Waals surface area contributed by atoms with Crippen LogP contribution in [0, 0.1) is 6.92 Å². The van der Waals surface area contributed by atoms with Crippen molar-refractivity contribution in [2.45, 2.75) is 33.2 Å². The number of carbonyl (C=O) groups is 1. The van der Waals surface area contributed by atoms with E-state index in [9.17, 15) is 4.79 Å². The molecule has 4 nitrogen and oxygen atoms in total. The van der Waals surface area contributed by atoms with E-state index in [0.29, 0.717) is 0 Å². The number of carbonyl (C=O) groups excluding carboxylic acids is 1. The largest absolute Gasteiger partial charge is 0.368 e. The van der Waals surface area contributed by atoms with E-state index in [1.807, 2.05) is 11.8 Å². The zero-order valence-corrected chi connectivity index (χ0v) is 14.6. The molecule has 116 valence electrons. The fourth-order valence-corrected chi connectivity index (χ4v) is 2.64. The van der Waals surface area contributed by atoms with Crippen LogP contribution in [0.15, 0.2) is 22.7 Å². The molecule has 0 aromatic heterocycles. The highest BCUT2D eigenvalue weighted by molar-refractivity contribution is 9.10. The van der Waals surface area contributed by atoms with E-state index in [1.54, 1.807) is 0 Å². The van der Waals surface area contributed by atoms with Crippen LogP contribution in [0.25, 0.3) is 0 Å². The van der Waals surface area contributed by atoms with Gasteiger partial charge in [-0.3, -0.25) is 0 Å². The summed E-state index contributed by atoms with van der Waals surface area (Å²) in [5, 5.41) is 3.03. The van der Waals surface area contributed by atoms with Crippen LogP contribution in [0.3, 0.4) is 0 Å². The van der Waals surface area contributed by atoms with Crippen LogP contribution in [-0.4, -0.2) is 43.2 Å². The molecule has 1 saturated heterocycles. The Labute approximate surface area is 135 Å². The molecule has 2 rings (SSSR count). The molecule has 0 aliphatic carbocycles. The molecule has 1 aromatic rings. The molecule has 1 fully saturated rings. The third-order valence-corrected chi connectivity index (χ3v) is 4.95. The van der Waals surface area contributed by atoms with Crippen molar-refractivity contribution < 1.29 is 4.79 Å². The monoisotopic (exact) mass is 353 g/mol. The number of amides is 2. The van der Waals surface area contributed by atoms with Crippen molar-refractivity contribution in [3.05, 3.63) is 28.2 Å². The molecule has 1 N–H and O–H groups in total. The highest BCUT2D eigenvalue weighted by Crippen LogP contribution is 2.23. The molecule has 5 heteroatoms. The van der Waals surface area contributed by atoms with Gasteiger partial charge in [-0.2, -0.15) is 0 Å². The molecule has 0 bridgehead atoms. The SMILES string of the molecule is CCC(C)NC(=O)N1CCN(c2ccc(Br)c(C)c2)CC1. The highest BCUT2D eigenvalue weighted by atomic mass is 79.9. The maximum atomic E-state index is 12.1. The molecule has 21 heavy (non-hydrogen) atoms. The Hall–Kier alpha value is -1.23. The molecule has 2 amide bonds. The Morgan fingerprint density at radius 3 is 2.57 bits per heavy atom. The summed E-state index contributed by atoms with van der Waals surface area (Å²) in [5.41, 5.74) is 2.47. The molecule has 0 radical (unpaired) electrons. The Morgan fingerprint density at radius 1 is 1.33 bits per heavy atom. The van der Waals surface area contributed by atoms with E-state index in [2.05, 4.69) is 58.2 Å². The number of aryl methyl sites for hydroxylation is 1. The average Bonchev–Trinajstić information content (AvgIpc) is 2.50. The fraction of sp³-hybridized carbons (Fsp3) is 0.562. The van der Waals surface area contributed by atoms with Gasteiger partial charge in [0.25, 0.3) is 0 Å². The predicted octanol–water partition coefficient (Wildman–Crippen LogP) is 3.39. The minimum atomic E-state index is 0.0657. The minimum Gasteiger partial charge on any atom is -0.368 e. The van der Waals surface area contributed by atoms with E-state index in [1.165, 1.54) is 11.3 Å². The lowest BCUT2D eigenvalue weighted by Gasteiger charge is -2.36. The van der Waals surface area contributed by atoms with Crippen molar-refractivity contribution in [2.75, 3.05) is 31.1 Å². The maximum Gasteiger partial charge on any atom is 0.317 e. The summed E-state index contributed by atoms with van der Waals surface area (Å²) in [6.45, 7) is 9.54. The first-order valence-corrected chi connectivity index (χ1v) is 8.37. The van der Waals surface area contributed by atoms with Gasteiger partial charge in [0, 0.05) is 42.4 Å². The van der Waals surface area contributed by atoms with Crippen LogP contribution in [0.5, 0.6) is 0 Å². The van der Waals surface area contributed by atoms with Gasteiger partial charge in [-0.1, -0.05) is 22.9 Å². The summed E-state index contributed by atoms with van der Waals surface area (Å²) in [6.07, 6.45) is 0.962. The van der Waals surface area contributed by atoms with E-state index < -0.39 is 0 Å². The van der Waals surface area contributed by atoms with Crippen LogP contribution in [0.2, 0.25) is 0 Å². The number of hydrogen-bond acceptors (Lipinski definition) is 2. The molecule has 1 atom stereocenters. The van der Waals surface area contributed by atoms with Gasteiger partial charge in [-0.05, 0) is 44.0 Å². The summed E-state index contributed by atoms with van der Waals surface area (Å²) in [6, 6.07) is 6.72. The van der Waals surface area contributed by atoms with E-state index in [0.717, 1.165) is 37.1 Å². The lowest BCUT2D eigenvalue weighted by atomic mass is 10.2. The van der Waals surface area contributed by atoms with Crippen LogP contribution in [0.4, 0.5) is 10.5 Å². The Bertz CT molecular complexity index is 498. The van der Waals surface area contributed by atoms with E-state index >= 15 is 0 Å². The summed E-state index contributed by atoms with van der Waals surface area (Å²) in [5.74, 6) is 0. The van der Waals surface area contributed by atoms with Crippen LogP contribution in [-0.2, 0) is 0 Å². The number of halogens is 1. The van der Waals surface area contributed by atoms with Gasteiger partial charge in [0.2, 0.25) is 0 Å². The molecule has 1 aromatic carbocycles. The standard InChI is InChI=1S/C16H24BrN3O/c1-4-13(3)18-16(21)20-9-7-19(8-10-20)14-5-6-15(17)12(2)11-14/h5-6,11,13H,4,7-10H2,1-3H3,(H,18,21). The minimum absolute atomic E-state index is 0.0657. The number of benzene rings is 1. The molecule has 0 saturated carbocycles. The zero-order chi connectivity index (χ0) is 15.4. The van der Waals surface area contributed by atoms with E-state index in [-0.39, 0.29) is 12.1 Å². The maximum absolute atomic E-state index is 12.1. The molecule has 1 unspecified atom stereocenters. The van der Waals surface area contributed by atoms with Crippen molar-refractivity contribution in [2.24, 2.45) is 0 Å². The second-order valence-electron chi connectivity index (χ2n) is 5.67. The van der Waals surface area contributed by atoms with E-state index in [4.69, 9.17) is 0 Å². The van der Waals surface area contributed by atoms with Crippen molar-refractivity contribution in [3.63, 3.8) is 0 Å². The quantitative estimate of drug-likeness (QED) is 0.903. The number of piperazine rings is 1. The molecule has 1 heterocycles. The normalized spacial score (nSPS) is 16.8. The first-order valence-electron chi connectivity index (χ1n) is 7.57. The number of anilines is 1. The van der Waals surface area contributed by atoms with Gasteiger partial charge in [0.05, 0.1) is 0 Å². The lowest BCUT2D eigenvalue weighted by molar-refractivity contribution is 0.191. The van der Waals surface area contributed by atoms with Gasteiger partial charge in [-0.25, -0.2) is 4.79 Å². The lowest BCUT2D eigenvalue weighted by Crippen LogP contribution is -2.53. The Balaban J connectivity index is 1.90. The fourth-order valence-electron chi connectivity index (χ4n) is 2.40. The van der Waals surface area contributed by atoms with Crippen molar-refractivity contribution in [3.8, 4) is 0 Å². The average molecular weight is 354 g/mol. The van der Waals surface area contributed by atoms with Gasteiger partial charge < -0.3 is 15.1 Å². The summed E-state index contributed by atoms with van der Waals surface area (Å²) >= 11 is 3.53. The Kier molecular flexibility index (Phi) is 5.51. The van der Waals surface area contributed by atoms with Crippen molar-refractivity contribution in [1.82, 2.24) is 10.2 Å². The highest BCUT2D eigenvalue weighted by Gasteiger charge is 2.22. The van der Waals surface area contributed by atoms with Crippen LogP contribution in [0.1, 0.15) is 25.8 Å². The third-order valence-electron chi connectivity index (χ3n) is 4.06. The number of hydrogen-bond donors (Lipinski definition) is 1. The smallest absolute Gasteiger partial charge is 0.317 e. The molecule has 1 aliphatic rings. The van der Waals surface area contributed by atoms with Crippen molar-refractivity contribution >= 4 is 27.6 Å². The van der Waals surface area contributed by atoms with Crippen molar-refractivity contribution in [1.29, 1.82) is 0 Å². The van der Waals surface area contributed by atoms with Gasteiger partial charge in [0.1, 0.15) is 0 Å². The third kappa shape index (κ3) is 4.13. The first kappa shape index (κ1) is 16.1. The topological polar surface area (TPSA) is 35.6 Å². The number of nitrogens with one attached hydrogen (secondary N) is 1. The zero-order valence-electron chi connectivity index (χ0n) is 13.0. The Morgan fingerprint density at radius 2 is 2.00 bits per heavy atom. The summed E-state index contributed by atoms with van der Waals surface area (Å²) < 4.78 is 1.14.